The van der Waals surface area contributed by atoms with Gasteiger partial charge in [-0.05, 0) is 24.3 Å². The highest BCUT2D eigenvalue weighted by Gasteiger charge is 2.12. The molecule has 0 radical (unpaired) electrons. The van der Waals surface area contributed by atoms with Crippen LogP contribution < -0.4 is 5.32 Å². The lowest BCUT2D eigenvalue weighted by atomic mass is 10.3. The van der Waals surface area contributed by atoms with E-state index in [-0.39, 0.29) is 18.0 Å². The predicted molar refractivity (Wildman–Crippen MR) is 100 cm³/mol. The summed E-state index contributed by atoms with van der Waals surface area (Å²) < 4.78 is 15.6. The van der Waals surface area contributed by atoms with Crippen LogP contribution in [0.4, 0.5) is 10.1 Å². The minimum absolute atomic E-state index is 0.184. The van der Waals surface area contributed by atoms with Crippen molar-refractivity contribution >= 4 is 34.4 Å². The SMILES string of the molecule is N#CCCn1c(SCCC(=O)Nc2ccccc2F)nc2ccccc21. The molecule has 2 aromatic carbocycles. The van der Waals surface area contributed by atoms with Crippen molar-refractivity contribution in [1.82, 2.24) is 9.55 Å². The minimum Gasteiger partial charge on any atom is -0.324 e. The monoisotopic (exact) mass is 368 g/mol. The van der Waals surface area contributed by atoms with Gasteiger partial charge in [0.05, 0.1) is 29.2 Å². The summed E-state index contributed by atoms with van der Waals surface area (Å²) in [4.78, 5) is 16.6. The number of amides is 1. The molecule has 0 spiro atoms. The largest absolute Gasteiger partial charge is 0.324 e. The van der Waals surface area contributed by atoms with Gasteiger partial charge in [-0.25, -0.2) is 9.37 Å². The first-order valence-electron chi connectivity index (χ1n) is 8.18. The van der Waals surface area contributed by atoms with Gasteiger partial charge in [0.25, 0.3) is 0 Å². The molecule has 0 unspecified atom stereocenters. The standard InChI is InChI=1S/C19H17FN4OS/c20-14-6-1-2-7-15(14)22-18(25)10-13-26-19-23-16-8-3-4-9-17(16)24(19)12-5-11-21/h1-4,6-9H,5,10,12-13H2,(H,22,25). The lowest BCUT2D eigenvalue weighted by Crippen LogP contribution is -2.13. The Labute approximate surface area is 154 Å². The first kappa shape index (κ1) is 18.0. The second-order valence-electron chi connectivity index (χ2n) is 5.57. The number of aryl methyl sites for hydroxylation is 1. The Bertz CT molecular complexity index is 964. The summed E-state index contributed by atoms with van der Waals surface area (Å²) in [6.07, 6.45) is 0.627. The highest BCUT2D eigenvalue weighted by molar-refractivity contribution is 7.99. The predicted octanol–water partition coefficient (Wildman–Crippen LogP) is 4.21. The molecule has 0 atom stereocenters. The summed E-state index contributed by atoms with van der Waals surface area (Å²) >= 11 is 1.45. The number of para-hydroxylation sites is 3. The Kier molecular flexibility index (Phi) is 5.87. The number of imidazole rings is 1. The van der Waals surface area contributed by atoms with Crippen LogP contribution in [0.3, 0.4) is 0 Å². The Morgan fingerprint density at radius 3 is 2.81 bits per heavy atom. The molecule has 0 aliphatic heterocycles. The van der Waals surface area contributed by atoms with E-state index in [0.717, 1.165) is 16.2 Å². The molecule has 1 aromatic heterocycles. The number of nitrogens with zero attached hydrogens (tertiary/aromatic N) is 3. The molecule has 5 nitrogen and oxygen atoms in total. The zero-order chi connectivity index (χ0) is 18.4. The average molecular weight is 368 g/mol. The number of carbonyl (C=O) groups is 1. The summed E-state index contributed by atoms with van der Waals surface area (Å²) in [5, 5.41) is 12.2. The number of halogens is 1. The highest BCUT2D eigenvalue weighted by Crippen LogP contribution is 2.25. The van der Waals surface area contributed by atoms with Crippen LogP contribution in [0.1, 0.15) is 12.8 Å². The molecule has 1 amide bonds. The minimum atomic E-state index is -0.452. The van der Waals surface area contributed by atoms with Gasteiger partial charge in [-0.1, -0.05) is 36.0 Å². The summed E-state index contributed by atoms with van der Waals surface area (Å²) in [5.41, 5.74) is 2.02. The molecule has 0 aliphatic rings. The smallest absolute Gasteiger partial charge is 0.225 e. The molecule has 0 saturated carbocycles. The number of fused-ring (bicyclic) bond motifs is 1. The van der Waals surface area contributed by atoms with E-state index in [1.165, 1.54) is 23.9 Å². The molecular weight excluding hydrogens is 351 g/mol. The van der Waals surface area contributed by atoms with Gasteiger partial charge in [0.15, 0.2) is 5.16 Å². The number of nitriles is 1. The van der Waals surface area contributed by atoms with Crippen molar-refractivity contribution in [1.29, 1.82) is 5.26 Å². The van der Waals surface area contributed by atoms with Crippen molar-refractivity contribution in [3.8, 4) is 6.07 Å². The molecule has 0 aliphatic carbocycles. The third-order valence-electron chi connectivity index (χ3n) is 3.77. The van der Waals surface area contributed by atoms with Crippen molar-refractivity contribution in [2.75, 3.05) is 11.1 Å². The zero-order valence-corrected chi connectivity index (χ0v) is 14.8. The first-order chi connectivity index (χ1) is 12.7. The van der Waals surface area contributed by atoms with Crippen molar-refractivity contribution in [2.45, 2.75) is 24.5 Å². The Morgan fingerprint density at radius 1 is 1.23 bits per heavy atom. The fourth-order valence-electron chi connectivity index (χ4n) is 2.55. The van der Waals surface area contributed by atoms with Crippen LogP contribution in [0.5, 0.6) is 0 Å². The van der Waals surface area contributed by atoms with Crippen LogP contribution in [0.25, 0.3) is 11.0 Å². The lowest BCUT2D eigenvalue weighted by molar-refractivity contribution is -0.115. The topological polar surface area (TPSA) is 70.7 Å². The molecule has 26 heavy (non-hydrogen) atoms. The fourth-order valence-corrected chi connectivity index (χ4v) is 3.53. The van der Waals surface area contributed by atoms with Crippen molar-refractivity contribution in [2.24, 2.45) is 0 Å². The normalized spacial score (nSPS) is 10.6. The molecular formula is C19H17FN4OS. The van der Waals surface area contributed by atoms with Crippen LogP contribution in [-0.4, -0.2) is 21.2 Å². The third kappa shape index (κ3) is 4.21. The maximum Gasteiger partial charge on any atom is 0.225 e. The Morgan fingerprint density at radius 2 is 2.00 bits per heavy atom. The molecule has 7 heteroatoms. The number of anilines is 1. The van der Waals surface area contributed by atoms with Gasteiger partial charge in [-0.2, -0.15) is 5.26 Å². The van der Waals surface area contributed by atoms with Gasteiger partial charge in [-0.15, -0.1) is 0 Å². The van der Waals surface area contributed by atoms with Gasteiger partial charge in [0.2, 0.25) is 5.91 Å². The number of hydrogen-bond acceptors (Lipinski definition) is 4. The van der Waals surface area contributed by atoms with E-state index in [9.17, 15) is 9.18 Å². The van der Waals surface area contributed by atoms with E-state index in [1.807, 2.05) is 28.8 Å². The van der Waals surface area contributed by atoms with Crippen LogP contribution in [0.2, 0.25) is 0 Å². The average Bonchev–Trinajstić information content (AvgIpc) is 2.99. The van der Waals surface area contributed by atoms with Crippen LogP contribution in [0.15, 0.2) is 53.7 Å². The Hall–Kier alpha value is -2.85. The maximum atomic E-state index is 13.6. The second-order valence-corrected chi connectivity index (χ2v) is 6.63. The van der Waals surface area contributed by atoms with Gasteiger partial charge in [0, 0.05) is 18.7 Å². The fraction of sp³-hybridized carbons (Fsp3) is 0.211. The summed E-state index contributed by atoms with van der Waals surface area (Å²) in [6, 6.07) is 16.0. The van der Waals surface area contributed by atoms with Crippen molar-refractivity contribution in [3.05, 3.63) is 54.3 Å². The van der Waals surface area contributed by atoms with E-state index in [0.29, 0.717) is 18.7 Å². The molecule has 0 fully saturated rings. The summed E-state index contributed by atoms with van der Waals surface area (Å²) in [6.45, 7) is 0.556. The summed E-state index contributed by atoms with van der Waals surface area (Å²) in [7, 11) is 0. The Balaban J connectivity index is 1.63. The summed E-state index contributed by atoms with van der Waals surface area (Å²) in [5.74, 6) is -0.190. The van der Waals surface area contributed by atoms with E-state index in [2.05, 4.69) is 16.4 Å². The van der Waals surface area contributed by atoms with Crippen LogP contribution in [0, 0.1) is 17.1 Å². The molecule has 3 rings (SSSR count). The zero-order valence-electron chi connectivity index (χ0n) is 14.0. The van der Waals surface area contributed by atoms with E-state index in [1.54, 1.807) is 12.1 Å². The molecule has 132 valence electrons. The second kappa shape index (κ2) is 8.50. The third-order valence-corrected chi connectivity index (χ3v) is 4.75. The lowest BCUT2D eigenvalue weighted by Gasteiger charge is -2.07. The van der Waals surface area contributed by atoms with Gasteiger partial charge >= 0.3 is 0 Å². The van der Waals surface area contributed by atoms with Crippen LogP contribution in [-0.2, 0) is 11.3 Å². The number of carbonyl (C=O) groups excluding carboxylic acids is 1. The number of hydrogen-bond donors (Lipinski definition) is 1. The molecule has 1 heterocycles. The maximum absolute atomic E-state index is 13.6. The van der Waals surface area contributed by atoms with Crippen LogP contribution >= 0.6 is 11.8 Å². The molecule has 0 bridgehead atoms. The number of benzene rings is 2. The molecule has 1 N–H and O–H groups in total. The highest BCUT2D eigenvalue weighted by atomic mass is 32.2. The molecule has 0 saturated heterocycles. The van der Waals surface area contributed by atoms with Crippen molar-refractivity contribution < 1.29 is 9.18 Å². The number of thioether (sulfide) groups is 1. The number of nitrogens with one attached hydrogen (secondary N) is 1. The number of aromatic nitrogens is 2. The van der Waals surface area contributed by atoms with E-state index < -0.39 is 5.82 Å². The van der Waals surface area contributed by atoms with E-state index >= 15 is 0 Å². The van der Waals surface area contributed by atoms with Gasteiger partial charge in [0.1, 0.15) is 5.82 Å². The molecule has 3 aromatic rings. The van der Waals surface area contributed by atoms with E-state index in [4.69, 9.17) is 5.26 Å². The van der Waals surface area contributed by atoms with Gasteiger partial charge < -0.3 is 9.88 Å². The quantitative estimate of drug-likeness (QED) is 0.634. The number of rotatable bonds is 7. The first-order valence-corrected chi connectivity index (χ1v) is 9.17. The van der Waals surface area contributed by atoms with Gasteiger partial charge in [-0.3, -0.25) is 4.79 Å². The van der Waals surface area contributed by atoms with Crippen molar-refractivity contribution in [3.63, 3.8) is 0 Å².